The first-order valence-electron chi connectivity index (χ1n) is 5.30. The van der Waals surface area contributed by atoms with E-state index in [-0.39, 0.29) is 0 Å². The minimum atomic E-state index is -0.450. The average Bonchev–Trinajstić information content (AvgIpc) is 2.39. The Bertz CT molecular complexity index is 665. The SMILES string of the molecule is Fc1ccc2cc(-c3ccncc3)ccc2n1. The van der Waals surface area contributed by atoms with Gasteiger partial charge in [0.15, 0.2) is 0 Å². The Morgan fingerprint density at radius 1 is 0.824 bits per heavy atom. The molecule has 0 saturated carbocycles. The Balaban J connectivity index is 2.17. The largest absolute Gasteiger partial charge is 0.265 e. The van der Waals surface area contributed by atoms with Crippen molar-refractivity contribution in [2.45, 2.75) is 0 Å². The molecule has 0 aliphatic rings. The van der Waals surface area contributed by atoms with Crippen molar-refractivity contribution in [1.82, 2.24) is 9.97 Å². The molecule has 82 valence electrons. The van der Waals surface area contributed by atoms with E-state index in [9.17, 15) is 4.39 Å². The number of rotatable bonds is 1. The third kappa shape index (κ3) is 1.87. The van der Waals surface area contributed by atoms with Gasteiger partial charge in [0.05, 0.1) is 5.52 Å². The maximum absolute atomic E-state index is 12.9. The highest BCUT2D eigenvalue weighted by Crippen LogP contribution is 2.22. The summed E-state index contributed by atoms with van der Waals surface area (Å²) in [4.78, 5) is 7.81. The molecule has 0 spiro atoms. The summed E-state index contributed by atoms with van der Waals surface area (Å²) in [7, 11) is 0. The van der Waals surface area contributed by atoms with E-state index in [0.717, 1.165) is 16.5 Å². The van der Waals surface area contributed by atoms with Crippen LogP contribution in [0.15, 0.2) is 54.9 Å². The Morgan fingerprint density at radius 2 is 1.65 bits per heavy atom. The van der Waals surface area contributed by atoms with Gasteiger partial charge < -0.3 is 0 Å². The van der Waals surface area contributed by atoms with E-state index in [1.165, 1.54) is 6.07 Å². The number of benzene rings is 1. The fraction of sp³-hybridized carbons (Fsp3) is 0. The number of pyridine rings is 2. The van der Waals surface area contributed by atoms with Crippen molar-refractivity contribution in [3.05, 3.63) is 60.8 Å². The molecule has 0 saturated heterocycles. The van der Waals surface area contributed by atoms with Gasteiger partial charge in [-0.1, -0.05) is 6.07 Å². The molecular formula is C14H9FN2. The van der Waals surface area contributed by atoms with Gasteiger partial charge in [-0.05, 0) is 47.5 Å². The van der Waals surface area contributed by atoms with Crippen LogP contribution in [0.5, 0.6) is 0 Å². The van der Waals surface area contributed by atoms with Gasteiger partial charge in [-0.25, -0.2) is 4.98 Å². The van der Waals surface area contributed by atoms with Crippen LogP contribution in [-0.2, 0) is 0 Å². The summed E-state index contributed by atoms with van der Waals surface area (Å²) in [6.45, 7) is 0. The fourth-order valence-corrected chi connectivity index (χ4v) is 1.82. The van der Waals surface area contributed by atoms with E-state index in [1.54, 1.807) is 18.5 Å². The highest BCUT2D eigenvalue weighted by atomic mass is 19.1. The molecule has 0 amide bonds. The van der Waals surface area contributed by atoms with Gasteiger partial charge in [-0.15, -0.1) is 0 Å². The van der Waals surface area contributed by atoms with E-state index in [2.05, 4.69) is 9.97 Å². The number of hydrogen-bond acceptors (Lipinski definition) is 2. The lowest BCUT2D eigenvalue weighted by atomic mass is 10.0. The van der Waals surface area contributed by atoms with Gasteiger partial charge in [0.2, 0.25) is 5.95 Å². The lowest BCUT2D eigenvalue weighted by Crippen LogP contribution is -1.85. The highest BCUT2D eigenvalue weighted by Gasteiger charge is 2.01. The molecule has 0 aliphatic carbocycles. The first-order chi connectivity index (χ1) is 8.33. The van der Waals surface area contributed by atoms with Crippen LogP contribution in [0.2, 0.25) is 0 Å². The van der Waals surface area contributed by atoms with Crippen LogP contribution < -0.4 is 0 Å². The molecule has 0 fully saturated rings. The van der Waals surface area contributed by atoms with Crippen molar-refractivity contribution in [3.8, 4) is 11.1 Å². The predicted octanol–water partition coefficient (Wildman–Crippen LogP) is 3.44. The Labute approximate surface area is 97.8 Å². The number of nitrogens with zero attached hydrogens (tertiary/aromatic N) is 2. The predicted molar refractivity (Wildman–Crippen MR) is 64.9 cm³/mol. The van der Waals surface area contributed by atoms with E-state index in [0.29, 0.717) is 5.52 Å². The fourth-order valence-electron chi connectivity index (χ4n) is 1.82. The molecule has 2 heterocycles. The van der Waals surface area contributed by atoms with Crippen LogP contribution in [0.25, 0.3) is 22.0 Å². The lowest BCUT2D eigenvalue weighted by molar-refractivity contribution is 0.589. The first-order valence-corrected chi connectivity index (χ1v) is 5.30. The molecule has 3 heteroatoms. The Kier molecular flexibility index (Phi) is 2.29. The molecular weight excluding hydrogens is 215 g/mol. The molecule has 0 N–H and O–H groups in total. The molecule has 0 bridgehead atoms. The van der Waals surface area contributed by atoms with E-state index in [1.807, 2.05) is 30.3 Å². The van der Waals surface area contributed by atoms with Crippen LogP contribution in [-0.4, -0.2) is 9.97 Å². The molecule has 2 aromatic heterocycles. The topological polar surface area (TPSA) is 25.8 Å². The van der Waals surface area contributed by atoms with Gasteiger partial charge in [-0.3, -0.25) is 4.98 Å². The number of aromatic nitrogens is 2. The van der Waals surface area contributed by atoms with Gasteiger partial charge in [0.25, 0.3) is 0 Å². The number of halogens is 1. The van der Waals surface area contributed by atoms with Crippen LogP contribution >= 0.6 is 0 Å². The quantitative estimate of drug-likeness (QED) is 0.592. The van der Waals surface area contributed by atoms with E-state index in [4.69, 9.17) is 0 Å². The summed E-state index contributed by atoms with van der Waals surface area (Å²) in [6, 6.07) is 12.8. The first kappa shape index (κ1) is 9.90. The normalized spacial score (nSPS) is 10.6. The van der Waals surface area contributed by atoms with Gasteiger partial charge in [-0.2, -0.15) is 4.39 Å². The number of hydrogen-bond donors (Lipinski definition) is 0. The third-order valence-corrected chi connectivity index (χ3v) is 2.67. The van der Waals surface area contributed by atoms with Crippen molar-refractivity contribution in [2.75, 3.05) is 0 Å². The zero-order valence-electron chi connectivity index (χ0n) is 8.97. The van der Waals surface area contributed by atoms with E-state index < -0.39 is 5.95 Å². The summed E-state index contributed by atoms with van der Waals surface area (Å²) in [5.41, 5.74) is 2.84. The van der Waals surface area contributed by atoms with Crippen LogP contribution in [0, 0.1) is 5.95 Å². The molecule has 17 heavy (non-hydrogen) atoms. The zero-order valence-corrected chi connectivity index (χ0v) is 8.97. The minimum Gasteiger partial charge on any atom is -0.265 e. The van der Waals surface area contributed by atoms with Crippen molar-refractivity contribution in [2.24, 2.45) is 0 Å². The second-order valence-electron chi connectivity index (χ2n) is 3.78. The van der Waals surface area contributed by atoms with Gasteiger partial charge >= 0.3 is 0 Å². The van der Waals surface area contributed by atoms with Crippen LogP contribution in [0.3, 0.4) is 0 Å². The molecule has 3 rings (SSSR count). The van der Waals surface area contributed by atoms with Crippen molar-refractivity contribution < 1.29 is 4.39 Å². The van der Waals surface area contributed by atoms with Crippen molar-refractivity contribution in [3.63, 3.8) is 0 Å². The summed E-state index contributed by atoms with van der Waals surface area (Å²) in [6.07, 6.45) is 3.50. The van der Waals surface area contributed by atoms with E-state index >= 15 is 0 Å². The molecule has 0 unspecified atom stereocenters. The average molecular weight is 224 g/mol. The smallest absolute Gasteiger partial charge is 0.213 e. The Morgan fingerprint density at radius 3 is 2.47 bits per heavy atom. The maximum atomic E-state index is 12.9. The van der Waals surface area contributed by atoms with Crippen LogP contribution in [0.1, 0.15) is 0 Å². The second kappa shape index (κ2) is 3.94. The third-order valence-electron chi connectivity index (χ3n) is 2.67. The lowest BCUT2D eigenvalue weighted by Gasteiger charge is -2.03. The molecule has 2 nitrogen and oxygen atoms in total. The highest BCUT2D eigenvalue weighted by molar-refractivity contribution is 5.84. The summed E-state index contributed by atoms with van der Waals surface area (Å²) in [5.74, 6) is -0.450. The van der Waals surface area contributed by atoms with Gasteiger partial charge in [0.1, 0.15) is 0 Å². The molecule has 0 radical (unpaired) electrons. The summed E-state index contributed by atoms with van der Waals surface area (Å²) >= 11 is 0. The van der Waals surface area contributed by atoms with Gasteiger partial charge in [0, 0.05) is 17.8 Å². The molecule has 1 aromatic carbocycles. The monoisotopic (exact) mass is 224 g/mol. The number of fused-ring (bicyclic) bond motifs is 1. The Hall–Kier alpha value is -2.29. The van der Waals surface area contributed by atoms with Crippen LogP contribution in [0.4, 0.5) is 4.39 Å². The molecule has 0 atom stereocenters. The summed E-state index contributed by atoms with van der Waals surface area (Å²) < 4.78 is 12.9. The van der Waals surface area contributed by atoms with Crippen molar-refractivity contribution >= 4 is 10.9 Å². The zero-order chi connectivity index (χ0) is 11.7. The maximum Gasteiger partial charge on any atom is 0.213 e. The minimum absolute atomic E-state index is 0.450. The van der Waals surface area contributed by atoms with Crippen molar-refractivity contribution in [1.29, 1.82) is 0 Å². The standard InChI is InChI=1S/C14H9FN2/c15-14-4-2-12-9-11(1-3-13(12)17-14)10-5-7-16-8-6-10/h1-9H. The second-order valence-corrected chi connectivity index (χ2v) is 3.78. The molecule has 3 aromatic rings. The molecule has 0 aliphatic heterocycles. The summed E-state index contributed by atoms with van der Waals surface area (Å²) in [5, 5.41) is 0.931.